The van der Waals surface area contributed by atoms with Crippen molar-refractivity contribution in [2.24, 2.45) is 17.8 Å². The van der Waals surface area contributed by atoms with Crippen LogP contribution in [0.5, 0.6) is 17.2 Å². The highest BCUT2D eigenvalue weighted by molar-refractivity contribution is 9.11. The number of aliphatic carboxylic acids is 1. The Morgan fingerprint density at radius 3 is 1.18 bits per heavy atom. The normalized spacial score (nSPS) is 16.1. The van der Waals surface area contributed by atoms with Gasteiger partial charge >= 0.3 is 36.4 Å². The van der Waals surface area contributed by atoms with Crippen LogP contribution in [0.4, 0.5) is 58.1 Å². The predicted octanol–water partition coefficient (Wildman–Crippen LogP) is 19.9. The number of ether oxygens (including phenoxy) is 8. The molecule has 0 atom stereocenters. The van der Waals surface area contributed by atoms with Crippen molar-refractivity contribution in [2.75, 3.05) is 131 Å². The summed E-state index contributed by atoms with van der Waals surface area (Å²) in [4.78, 5) is 144. The van der Waals surface area contributed by atoms with Crippen LogP contribution in [0.2, 0.25) is 0 Å². The summed E-state index contributed by atoms with van der Waals surface area (Å²) in [5.41, 5.74) is 12.6. The molecule has 0 radical (unpaired) electrons. The molecule has 9 aromatic rings. The number of rotatable bonds is 13. The van der Waals surface area contributed by atoms with E-state index in [4.69, 9.17) is 60.3 Å². The van der Waals surface area contributed by atoms with Crippen LogP contribution in [0.15, 0.2) is 232 Å². The van der Waals surface area contributed by atoms with Gasteiger partial charge in [-0.15, -0.1) is 11.6 Å². The second kappa shape index (κ2) is 47.9. The minimum atomic E-state index is -0.857. The Bertz CT molecular complexity index is 6050. The Morgan fingerprint density at radius 2 is 0.779 bits per heavy atom. The molecule has 0 unspecified atom stereocenters. The SMILES string of the molecule is CC(C)(C)OC(=O)N1CC(C(=O)Nc2ccccc2Br)C1.CC(C)(C)OC(=O)N1CC(C(=O)O)C1.CC(C)(C)OC(=O)N1CC2(C1)C(=O)Nc1ccccc12.COc1ccc(CCl)cc1.COc1ccc(CN(C(=O)C2CN(C(=O)OC(C)(C)C)C2)c2ccccc2Br)cc1.COc1ccc(CN2C(=O)C3(CN(C(=O)OC(C)(C)C)C3)c3ccccc32)cc1.Nc1ccccc1Br.O=C1Nc2ccccc2C12CNC2. The number of halogens is 4. The second-order valence-electron chi connectivity index (χ2n) is 41.1. The second-order valence-corrected chi connectivity index (χ2v) is 43.9. The average Bonchev–Trinajstić information content (AvgIpc) is 1.55. The van der Waals surface area contributed by atoms with Gasteiger partial charge in [0.1, 0.15) is 61.5 Å². The Hall–Kier alpha value is -13.0. The maximum absolute atomic E-state index is 13.5. The lowest BCUT2D eigenvalue weighted by Crippen LogP contribution is -2.65. The summed E-state index contributed by atoms with van der Waals surface area (Å²) in [7, 11) is 4.90. The van der Waals surface area contributed by atoms with Gasteiger partial charge < -0.3 is 104 Å². The van der Waals surface area contributed by atoms with Gasteiger partial charge in [0.2, 0.25) is 29.5 Å². The van der Waals surface area contributed by atoms with Crippen LogP contribution < -0.4 is 51.0 Å². The number of fused-ring (bicyclic) bond motifs is 6. The number of alkyl halides is 1. The van der Waals surface area contributed by atoms with Crippen molar-refractivity contribution in [3.63, 3.8) is 0 Å². The fourth-order valence-electron chi connectivity index (χ4n) is 16.3. The number of nitrogen functional groups attached to an aromatic ring is 1. The van der Waals surface area contributed by atoms with Crippen molar-refractivity contribution >= 4 is 159 Å². The number of amides is 10. The molecule has 7 N–H and O–H groups in total. The molecular weight excluding hydrogens is 2070 g/mol. The van der Waals surface area contributed by atoms with E-state index < -0.39 is 56.8 Å². The monoisotopic (exact) mass is 2200 g/mol. The maximum atomic E-state index is 13.5. The van der Waals surface area contributed by atoms with E-state index in [0.29, 0.717) is 71.3 Å². The molecule has 36 heteroatoms. The van der Waals surface area contributed by atoms with Crippen molar-refractivity contribution in [3.05, 3.63) is 265 Å². The van der Waals surface area contributed by atoms with Gasteiger partial charge in [-0.25, -0.2) is 24.0 Å². The lowest BCUT2D eigenvalue weighted by molar-refractivity contribution is -0.147. The number of carboxylic acid groups (broad SMARTS) is 1. The van der Waals surface area contributed by atoms with Crippen LogP contribution in [0.3, 0.4) is 0 Å². The first-order chi connectivity index (χ1) is 68.3. The number of methoxy groups -OCH3 is 3. The number of carbonyl (C=O) groups is 11. The van der Waals surface area contributed by atoms with E-state index in [2.05, 4.69) is 69.1 Å². The molecule has 774 valence electrons. The highest BCUT2D eigenvalue weighted by Gasteiger charge is 2.61. The van der Waals surface area contributed by atoms with Gasteiger partial charge in [-0.1, -0.05) is 127 Å². The van der Waals surface area contributed by atoms with Crippen LogP contribution in [0.25, 0.3) is 0 Å². The quantitative estimate of drug-likeness (QED) is 0.0355. The molecule has 0 saturated carbocycles. The number of nitrogens with two attached hydrogens (primary N) is 1. The molecule has 0 aromatic heterocycles. The molecule has 18 rings (SSSR count). The first kappa shape index (κ1) is 112. The van der Waals surface area contributed by atoms with Crippen LogP contribution in [0, 0.1) is 17.8 Å². The Morgan fingerprint density at radius 1 is 0.421 bits per heavy atom. The van der Waals surface area contributed by atoms with Gasteiger partial charge in [0.25, 0.3) is 0 Å². The van der Waals surface area contributed by atoms with Crippen LogP contribution in [0.1, 0.15) is 137 Å². The van der Waals surface area contributed by atoms with Crippen molar-refractivity contribution < 1.29 is 95.7 Å². The number of carbonyl (C=O) groups excluding carboxylic acids is 10. The van der Waals surface area contributed by atoms with Crippen LogP contribution in [-0.2, 0) is 87.7 Å². The first-order valence-corrected chi connectivity index (χ1v) is 50.3. The highest BCUT2D eigenvalue weighted by atomic mass is 79.9. The van der Waals surface area contributed by atoms with E-state index in [9.17, 15) is 52.7 Å². The third-order valence-electron chi connectivity index (χ3n) is 24.0. The van der Waals surface area contributed by atoms with Crippen molar-refractivity contribution in [1.82, 2.24) is 29.8 Å². The molecular formula is C109H130Br3ClN12O20. The number of hydrogen-bond donors (Lipinski definition) is 6. The van der Waals surface area contributed by atoms with Crippen molar-refractivity contribution in [2.45, 2.75) is 167 Å². The highest BCUT2D eigenvalue weighted by Crippen LogP contribution is 2.50. The average molecular weight is 2200 g/mol. The van der Waals surface area contributed by atoms with Gasteiger partial charge in [-0.2, -0.15) is 0 Å². The number of nitrogens with zero attached hydrogens (tertiary/aromatic N) is 7. The minimum Gasteiger partial charge on any atom is -0.497 e. The molecule has 9 aromatic carbocycles. The standard InChI is InChI=1S/C23H27BrN2O4.C23H26N2O4.C15H19BrN2O3.C15H18N2O3.C10H10N2O.C9H15NO4.C8H9ClO.C6H6BrN/c1-23(2,3)30-22(28)25-14-17(15-25)21(27)26(20-8-6-5-7-19(20)24)13-16-9-11-18(29-4)12-10-16;1-22(2,3)29-21(27)24-14-23(15-24)18-7-5-6-8-19(18)25(20(23)26)13-16-9-11-17(28-4)12-10-16;1-15(2,3)21-14(20)18-8-10(9-18)13(19)17-12-7-5-4-6-11(12)16;1-14(2,3)20-13(19)17-8-15(9-17)10-6-4-5-7-11(10)16-12(15)18;13-9-10(5-11-6-10)7-3-1-2-4-8(7)12-9;1-9(2,3)14-8(13)10-4-6(5-10)7(11)12;1-10-8-4-2-7(6-9)3-5-8;7-5-3-1-2-4-6(5)8/h5-12,17H,13-15H2,1-4H3;5-12H,13-15H2,1-4H3;4-7,10H,8-9H2,1-3H3,(H,17,19);4-7H,8-9H2,1-3H3,(H,16,18);1-4,11H,5-6H2,(H,12,13);6H,4-5H2,1-3H3,(H,11,12);2-5H,6H2,1H3;1-4H,8H2. The number of para-hydroxylation sites is 6. The third-order valence-corrected chi connectivity index (χ3v) is 26.4. The van der Waals surface area contributed by atoms with E-state index in [1.165, 1.54) is 9.80 Å². The third kappa shape index (κ3) is 29.5. The number of anilines is 6. The van der Waals surface area contributed by atoms with Gasteiger partial charge in [-0.3, -0.25) is 28.8 Å². The number of hydrogen-bond acceptors (Lipinski definition) is 21. The van der Waals surface area contributed by atoms with E-state index in [1.54, 1.807) is 61.7 Å². The van der Waals surface area contributed by atoms with Gasteiger partial charge in [0.05, 0.1) is 63.5 Å². The Kier molecular flexibility index (Phi) is 37.1. The fourth-order valence-corrected chi connectivity index (χ4v) is 17.6. The van der Waals surface area contributed by atoms with E-state index >= 15 is 0 Å². The molecule has 6 fully saturated rings. The largest absolute Gasteiger partial charge is 0.497 e. The van der Waals surface area contributed by atoms with E-state index in [0.717, 1.165) is 111 Å². The molecule has 145 heavy (non-hydrogen) atoms. The van der Waals surface area contributed by atoms with E-state index in [-0.39, 0.29) is 84.2 Å². The zero-order valence-corrected chi connectivity index (χ0v) is 90.6. The van der Waals surface area contributed by atoms with Crippen molar-refractivity contribution in [3.8, 4) is 17.2 Å². The number of likely N-dealkylation sites (tertiary alicyclic amines) is 5. The van der Waals surface area contributed by atoms with Gasteiger partial charge in [0, 0.05) is 121 Å². The summed E-state index contributed by atoms with van der Waals surface area (Å²) >= 11 is 15.8. The molecule has 3 spiro atoms. The van der Waals surface area contributed by atoms with Crippen LogP contribution >= 0.6 is 59.4 Å². The minimum absolute atomic E-state index is 0.0162. The smallest absolute Gasteiger partial charge is 0.410 e. The zero-order valence-electron chi connectivity index (χ0n) is 85.0. The lowest BCUT2D eigenvalue weighted by Gasteiger charge is -2.46. The zero-order chi connectivity index (χ0) is 106. The molecule has 0 aliphatic carbocycles. The fraction of sp³-hybridized carbons (Fsp3) is 0.404. The Balaban J connectivity index is 0.000000163. The summed E-state index contributed by atoms with van der Waals surface area (Å²) in [6, 6.07) is 69.2. The maximum Gasteiger partial charge on any atom is 0.410 e. The number of benzene rings is 9. The van der Waals surface area contributed by atoms with Gasteiger partial charge in [-0.05, 0) is 276 Å². The lowest BCUT2D eigenvalue weighted by atomic mass is 9.75. The molecule has 6 saturated heterocycles. The topological polar surface area (TPSA) is 379 Å². The first-order valence-electron chi connectivity index (χ1n) is 47.4. The summed E-state index contributed by atoms with van der Waals surface area (Å²) in [5.74, 6) is 1.30. The molecule has 32 nitrogen and oxygen atoms in total. The predicted molar refractivity (Wildman–Crippen MR) is 568 cm³/mol. The molecule has 9 aliphatic rings. The molecule has 9 aliphatic heterocycles. The van der Waals surface area contributed by atoms with Gasteiger partial charge in [0.15, 0.2) is 0 Å². The summed E-state index contributed by atoms with van der Waals surface area (Å²) in [5, 5.41) is 20.4. The number of nitrogens with one attached hydrogen (secondary N) is 4. The summed E-state index contributed by atoms with van der Waals surface area (Å²) < 4.78 is 44.5. The summed E-state index contributed by atoms with van der Waals surface area (Å²) in [6.07, 6.45) is -1.92. The summed E-state index contributed by atoms with van der Waals surface area (Å²) in [6.45, 7) is 33.2. The Labute approximate surface area is 877 Å². The van der Waals surface area contributed by atoms with Crippen LogP contribution in [-0.4, -0.2) is 223 Å². The van der Waals surface area contributed by atoms with E-state index in [1.807, 2.05) is 306 Å². The molecule has 9 heterocycles. The molecule has 0 bridgehead atoms. The van der Waals surface area contributed by atoms with Crippen molar-refractivity contribution in [1.29, 1.82) is 0 Å². The molecule has 10 amide bonds. The number of carboxylic acids is 1.